The first-order chi connectivity index (χ1) is 12.0. The lowest BCUT2D eigenvalue weighted by atomic mass is 10.1. The zero-order valence-corrected chi connectivity index (χ0v) is 16.0. The Kier molecular flexibility index (Phi) is 6.88. The molecule has 5 heteroatoms. The molecule has 138 valence electrons. The SMILES string of the molecule is CCOc1ccc(C=CC(=O)N2CC(C)N(C)CC2C)cc1OCC. The molecule has 2 atom stereocenters. The Bertz CT molecular complexity index is 615. The molecule has 0 N–H and O–H groups in total. The average Bonchev–Trinajstić information content (AvgIpc) is 2.58. The van der Waals surface area contributed by atoms with Crippen molar-refractivity contribution >= 4 is 12.0 Å². The summed E-state index contributed by atoms with van der Waals surface area (Å²) in [6, 6.07) is 6.34. The maximum atomic E-state index is 12.6. The summed E-state index contributed by atoms with van der Waals surface area (Å²) in [4.78, 5) is 16.8. The van der Waals surface area contributed by atoms with E-state index in [0.717, 1.165) is 24.4 Å². The van der Waals surface area contributed by atoms with Crippen molar-refractivity contribution in [3.63, 3.8) is 0 Å². The highest BCUT2D eigenvalue weighted by atomic mass is 16.5. The van der Waals surface area contributed by atoms with Crippen LogP contribution in [0.4, 0.5) is 0 Å². The van der Waals surface area contributed by atoms with Gasteiger partial charge in [0.25, 0.3) is 0 Å². The Labute approximate surface area is 151 Å². The third kappa shape index (κ3) is 4.98. The van der Waals surface area contributed by atoms with Gasteiger partial charge in [-0.05, 0) is 58.5 Å². The van der Waals surface area contributed by atoms with Crippen LogP contribution in [0.3, 0.4) is 0 Å². The van der Waals surface area contributed by atoms with E-state index < -0.39 is 0 Å². The number of hydrogen-bond acceptors (Lipinski definition) is 4. The van der Waals surface area contributed by atoms with Gasteiger partial charge in [-0.25, -0.2) is 0 Å². The second kappa shape index (κ2) is 8.90. The topological polar surface area (TPSA) is 42.0 Å². The lowest BCUT2D eigenvalue weighted by molar-refractivity contribution is -0.131. The summed E-state index contributed by atoms with van der Waals surface area (Å²) in [5, 5.41) is 0. The van der Waals surface area contributed by atoms with E-state index in [1.165, 1.54) is 0 Å². The zero-order valence-electron chi connectivity index (χ0n) is 16.0. The molecule has 0 bridgehead atoms. The van der Waals surface area contributed by atoms with E-state index in [1.807, 2.05) is 43.0 Å². The fourth-order valence-electron chi connectivity index (χ4n) is 3.04. The minimum atomic E-state index is 0.0549. The van der Waals surface area contributed by atoms with E-state index in [1.54, 1.807) is 6.08 Å². The van der Waals surface area contributed by atoms with E-state index >= 15 is 0 Å². The minimum absolute atomic E-state index is 0.0549. The zero-order chi connectivity index (χ0) is 18.4. The number of amides is 1. The van der Waals surface area contributed by atoms with Crippen molar-refractivity contribution in [2.24, 2.45) is 0 Å². The number of hydrogen-bond donors (Lipinski definition) is 0. The Morgan fingerprint density at radius 2 is 1.80 bits per heavy atom. The molecular formula is C20H30N2O3. The molecule has 0 aliphatic carbocycles. The standard InChI is InChI=1S/C20H30N2O3/c1-6-24-18-10-8-17(12-19(18)25-7-2)9-11-20(23)22-14-15(3)21(5)13-16(22)4/h8-12,15-16H,6-7,13-14H2,1-5H3. The summed E-state index contributed by atoms with van der Waals surface area (Å²) in [5.41, 5.74) is 0.926. The van der Waals surface area contributed by atoms with Crippen LogP contribution in [0.25, 0.3) is 6.08 Å². The van der Waals surface area contributed by atoms with Gasteiger partial charge in [0, 0.05) is 31.2 Å². The maximum Gasteiger partial charge on any atom is 0.246 e. The Hall–Kier alpha value is -2.01. The van der Waals surface area contributed by atoms with Crippen molar-refractivity contribution in [3.05, 3.63) is 29.8 Å². The predicted molar refractivity (Wildman–Crippen MR) is 101 cm³/mol. The highest BCUT2D eigenvalue weighted by Gasteiger charge is 2.28. The van der Waals surface area contributed by atoms with E-state index in [4.69, 9.17) is 9.47 Å². The van der Waals surface area contributed by atoms with E-state index in [2.05, 4.69) is 25.8 Å². The summed E-state index contributed by atoms with van der Waals surface area (Å²) in [6.45, 7) is 11.0. The molecule has 25 heavy (non-hydrogen) atoms. The van der Waals surface area contributed by atoms with Gasteiger partial charge in [0.2, 0.25) is 5.91 Å². The third-order valence-electron chi connectivity index (χ3n) is 4.57. The Morgan fingerprint density at radius 3 is 2.48 bits per heavy atom. The fraction of sp³-hybridized carbons (Fsp3) is 0.550. The molecule has 1 aromatic carbocycles. The first-order valence-corrected chi connectivity index (χ1v) is 9.04. The monoisotopic (exact) mass is 346 g/mol. The molecule has 0 aromatic heterocycles. The van der Waals surface area contributed by atoms with Gasteiger partial charge in [0.05, 0.1) is 13.2 Å². The molecule has 1 amide bonds. The van der Waals surface area contributed by atoms with E-state index in [9.17, 15) is 4.79 Å². The smallest absolute Gasteiger partial charge is 0.246 e. The molecule has 1 aliphatic heterocycles. The molecule has 2 unspecified atom stereocenters. The lowest BCUT2D eigenvalue weighted by Crippen LogP contribution is -2.56. The van der Waals surface area contributed by atoms with Gasteiger partial charge >= 0.3 is 0 Å². The highest BCUT2D eigenvalue weighted by molar-refractivity contribution is 5.92. The van der Waals surface area contributed by atoms with Crippen LogP contribution in [-0.2, 0) is 4.79 Å². The van der Waals surface area contributed by atoms with E-state index in [0.29, 0.717) is 25.0 Å². The number of nitrogens with zero attached hydrogens (tertiary/aromatic N) is 2. The summed E-state index contributed by atoms with van der Waals surface area (Å²) in [5.74, 6) is 1.49. The van der Waals surface area contributed by atoms with Crippen molar-refractivity contribution in [2.45, 2.75) is 39.8 Å². The first kappa shape index (κ1) is 19.3. The third-order valence-corrected chi connectivity index (χ3v) is 4.57. The van der Waals surface area contributed by atoms with Crippen LogP contribution >= 0.6 is 0 Å². The van der Waals surface area contributed by atoms with Crippen LogP contribution in [-0.4, -0.2) is 61.1 Å². The molecular weight excluding hydrogens is 316 g/mol. The average molecular weight is 346 g/mol. The summed E-state index contributed by atoms with van der Waals surface area (Å²) < 4.78 is 11.2. The van der Waals surface area contributed by atoms with Gasteiger partial charge in [-0.2, -0.15) is 0 Å². The van der Waals surface area contributed by atoms with Gasteiger partial charge in [-0.15, -0.1) is 0 Å². The highest BCUT2D eigenvalue weighted by Crippen LogP contribution is 2.29. The van der Waals surface area contributed by atoms with Gasteiger partial charge in [0.15, 0.2) is 11.5 Å². The number of carbonyl (C=O) groups is 1. The molecule has 1 aliphatic rings. The molecule has 0 saturated carbocycles. The van der Waals surface area contributed by atoms with Crippen LogP contribution in [0.1, 0.15) is 33.3 Å². The van der Waals surface area contributed by atoms with Crippen molar-refractivity contribution in [2.75, 3.05) is 33.4 Å². The number of carbonyl (C=O) groups excluding carboxylic acids is 1. The van der Waals surface area contributed by atoms with Crippen LogP contribution in [0.2, 0.25) is 0 Å². The first-order valence-electron chi connectivity index (χ1n) is 9.04. The summed E-state index contributed by atoms with van der Waals surface area (Å²) in [7, 11) is 2.11. The van der Waals surface area contributed by atoms with Gasteiger partial charge in [-0.3, -0.25) is 9.69 Å². The molecule has 0 spiro atoms. The molecule has 0 radical (unpaired) electrons. The second-order valence-corrected chi connectivity index (χ2v) is 6.53. The summed E-state index contributed by atoms with van der Waals surface area (Å²) >= 11 is 0. The largest absolute Gasteiger partial charge is 0.490 e. The Morgan fingerprint density at radius 1 is 1.12 bits per heavy atom. The number of piperazine rings is 1. The van der Waals surface area contributed by atoms with Crippen LogP contribution < -0.4 is 9.47 Å². The fourth-order valence-corrected chi connectivity index (χ4v) is 3.04. The van der Waals surface area contributed by atoms with Gasteiger partial charge in [0.1, 0.15) is 0 Å². The van der Waals surface area contributed by atoms with Crippen molar-refractivity contribution < 1.29 is 14.3 Å². The van der Waals surface area contributed by atoms with Crippen molar-refractivity contribution in [3.8, 4) is 11.5 Å². The lowest BCUT2D eigenvalue weighted by Gasteiger charge is -2.42. The van der Waals surface area contributed by atoms with Crippen LogP contribution in [0.5, 0.6) is 11.5 Å². The molecule has 1 saturated heterocycles. The molecule has 5 nitrogen and oxygen atoms in total. The number of rotatable bonds is 6. The van der Waals surface area contributed by atoms with Crippen LogP contribution in [0, 0.1) is 0 Å². The van der Waals surface area contributed by atoms with Gasteiger partial charge in [-0.1, -0.05) is 6.07 Å². The van der Waals surface area contributed by atoms with Crippen LogP contribution in [0.15, 0.2) is 24.3 Å². The molecule has 1 aromatic rings. The summed E-state index contributed by atoms with van der Waals surface area (Å²) in [6.07, 6.45) is 3.50. The maximum absolute atomic E-state index is 12.6. The van der Waals surface area contributed by atoms with E-state index in [-0.39, 0.29) is 11.9 Å². The quantitative estimate of drug-likeness (QED) is 0.743. The number of ether oxygens (including phenoxy) is 2. The number of likely N-dealkylation sites (N-methyl/N-ethyl adjacent to an activating group) is 1. The van der Waals surface area contributed by atoms with Crippen molar-refractivity contribution in [1.29, 1.82) is 0 Å². The van der Waals surface area contributed by atoms with Crippen molar-refractivity contribution in [1.82, 2.24) is 9.80 Å². The Balaban J connectivity index is 2.10. The van der Waals surface area contributed by atoms with Gasteiger partial charge < -0.3 is 14.4 Å². The molecule has 1 heterocycles. The predicted octanol–water partition coefficient (Wildman–Crippen LogP) is 3.05. The number of benzene rings is 1. The minimum Gasteiger partial charge on any atom is -0.490 e. The molecule has 2 rings (SSSR count). The second-order valence-electron chi connectivity index (χ2n) is 6.53. The normalized spacial score (nSPS) is 21.6. The molecule has 1 fully saturated rings.